The van der Waals surface area contributed by atoms with E-state index in [1.165, 1.54) is 17.7 Å². The van der Waals surface area contributed by atoms with Crippen LogP contribution >= 0.6 is 0 Å². The number of allylic oxidation sites excluding steroid dienone is 1. The van der Waals surface area contributed by atoms with Gasteiger partial charge in [-0.15, -0.1) is 6.58 Å². The number of benzene rings is 4. The van der Waals surface area contributed by atoms with Gasteiger partial charge in [0, 0.05) is 37.7 Å². The maximum atomic E-state index is 14.8. The maximum absolute atomic E-state index is 14.8. The summed E-state index contributed by atoms with van der Waals surface area (Å²) in [4.78, 5) is 22.4. The molecule has 3 aliphatic rings. The molecule has 1 aliphatic heterocycles. The van der Waals surface area contributed by atoms with Gasteiger partial charge in [-0.25, -0.2) is 9.18 Å². The minimum atomic E-state index is -1.52. The number of carbonyl (C=O) groups is 1. The van der Waals surface area contributed by atoms with E-state index in [1.54, 1.807) is 23.1 Å². The van der Waals surface area contributed by atoms with Crippen LogP contribution in [0.25, 0.3) is 0 Å². The standard InChI is InChI=1S/C54H65FN2O9/c1-5-28-63-54-50(57(35-39-19-21-42(55)22-20-39)53(60)62-30-29-61-36-40-14-8-7-9-15-40)34-48(56-64-6-2)46-32-41(16-10-12-26-58)45(17-11-13-27-59)51(52(46)54)47-33-44(24-25-49(47)66-54)65-43-23-18-37(3)38(4)31-43/h5,7-9,14-15,18-25,31-33,41,45,50-52,58-59H,1,6,10-13,16-17,26-30,34-36H2,2-4H3. The second-order valence-electron chi connectivity index (χ2n) is 17.4. The molecule has 66 heavy (non-hydrogen) atoms. The third-order valence-electron chi connectivity index (χ3n) is 13.1. The van der Waals surface area contributed by atoms with E-state index in [0.29, 0.717) is 54.6 Å². The van der Waals surface area contributed by atoms with Crippen molar-refractivity contribution in [3.63, 3.8) is 0 Å². The summed E-state index contributed by atoms with van der Waals surface area (Å²) in [7, 11) is 0. The average Bonchev–Trinajstić information content (AvgIpc) is 3.32. The summed E-state index contributed by atoms with van der Waals surface area (Å²) in [6.45, 7) is 11.2. The molecule has 1 amide bonds. The van der Waals surface area contributed by atoms with Gasteiger partial charge in [0.25, 0.3) is 0 Å². The number of aryl methyl sites for hydroxylation is 2. The molecule has 0 bridgehead atoms. The largest absolute Gasteiger partial charge is 0.459 e. The number of unbranched alkanes of at least 4 members (excludes halogenated alkanes) is 2. The zero-order valence-electron chi connectivity index (χ0n) is 38.5. The highest BCUT2D eigenvalue weighted by atomic mass is 19.1. The molecule has 0 spiro atoms. The van der Waals surface area contributed by atoms with Crippen molar-refractivity contribution in [1.82, 2.24) is 4.90 Å². The number of hydrogen-bond donors (Lipinski definition) is 2. The van der Waals surface area contributed by atoms with E-state index in [4.69, 9.17) is 33.7 Å². The van der Waals surface area contributed by atoms with Crippen molar-refractivity contribution in [3.8, 4) is 17.2 Å². The molecule has 7 rings (SSSR count). The minimum absolute atomic E-state index is 0.0153. The fourth-order valence-electron chi connectivity index (χ4n) is 9.89. The highest BCUT2D eigenvalue weighted by Crippen LogP contribution is 2.62. The first kappa shape index (κ1) is 48.4. The van der Waals surface area contributed by atoms with E-state index in [1.807, 2.05) is 67.6 Å². The Morgan fingerprint density at radius 2 is 1.65 bits per heavy atom. The van der Waals surface area contributed by atoms with Crippen LogP contribution in [-0.2, 0) is 32.2 Å². The Kier molecular flexibility index (Phi) is 17.1. The fourth-order valence-corrected chi connectivity index (χ4v) is 9.89. The first-order valence-electron chi connectivity index (χ1n) is 23.4. The van der Waals surface area contributed by atoms with E-state index in [9.17, 15) is 19.4 Å². The number of carbonyl (C=O) groups excluding carboxylic acids is 1. The molecule has 11 nitrogen and oxygen atoms in total. The third-order valence-corrected chi connectivity index (χ3v) is 13.1. The number of nitrogens with zero attached hydrogens (tertiary/aromatic N) is 2. The zero-order valence-corrected chi connectivity index (χ0v) is 38.5. The predicted octanol–water partition coefficient (Wildman–Crippen LogP) is 10.7. The lowest BCUT2D eigenvalue weighted by Crippen LogP contribution is -2.70. The average molecular weight is 905 g/mol. The highest BCUT2D eigenvalue weighted by molar-refractivity contribution is 6.03. The molecule has 4 aromatic carbocycles. The molecule has 12 heteroatoms. The Balaban J connectivity index is 1.37. The van der Waals surface area contributed by atoms with Crippen LogP contribution in [0.5, 0.6) is 17.2 Å². The molecule has 2 aliphatic carbocycles. The van der Waals surface area contributed by atoms with Gasteiger partial charge in [0.15, 0.2) is 0 Å². The lowest BCUT2D eigenvalue weighted by Gasteiger charge is -2.59. The monoisotopic (exact) mass is 904 g/mol. The number of ether oxygens (including phenoxy) is 5. The predicted molar refractivity (Wildman–Crippen MR) is 252 cm³/mol. The Bertz CT molecular complexity index is 2280. The van der Waals surface area contributed by atoms with Gasteiger partial charge < -0.3 is 38.7 Å². The van der Waals surface area contributed by atoms with Gasteiger partial charge in [-0.3, -0.25) is 4.90 Å². The lowest BCUT2D eigenvalue weighted by atomic mass is 9.55. The second-order valence-corrected chi connectivity index (χ2v) is 17.4. The van der Waals surface area contributed by atoms with E-state index in [2.05, 4.69) is 32.6 Å². The van der Waals surface area contributed by atoms with E-state index < -0.39 is 29.7 Å². The highest BCUT2D eigenvalue weighted by Gasteiger charge is 2.65. The summed E-state index contributed by atoms with van der Waals surface area (Å²) in [5, 5.41) is 24.7. The minimum Gasteiger partial charge on any atom is -0.459 e. The Labute approximate surface area is 388 Å². The number of rotatable bonds is 23. The number of halogens is 1. The summed E-state index contributed by atoms with van der Waals surface area (Å²) >= 11 is 0. The number of aliphatic hydroxyl groups excluding tert-OH is 2. The first-order valence-corrected chi connectivity index (χ1v) is 23.4. The molecule has 1 saturated carbocycles. The Morgan fingerprint density at radius 1 is 0.909 bits per heavy atom. The van der Waals surface area contributed by atoms with Crippen molar-refractivity contribution >= 4 is 11.8 Å². The van der Waals surface area contributed by atoms with Crippen LogP contribution in [0.15, 0.2) is 120 Å². The van der Waals surface area contributed by atoms with Crippen LogP contribution in [0.2, 0.25) is 0 Å². The summed E-state index contributed by atoms with van der Waals surface area (Å²) in [5.74, 6) is -0.688. The maximum Gasteiger partial charge on any atom is 0.410 e. The molecular formula is C54H65FN2O9. The smallest absolute Gasteiger partial charge is 0.410 e. The SMILES string of the molecule is C=CCOC12Oc3ccc(Oc4ccc(C)c(C)c4)cc3C3C(CCCCO)C(CCCCO)C=C(C(=NOCC)CC1N(Cc1ccc(F)cc1)C(=O)OCCOCc1ccccc1)C32. The van der Waals surface area contributed by atoms with Crippen LogP contribution in [0.3, 0.4) is 0 Å². The van der Waals surface area contributed by atoms with Gasteiger partial charge in [-0.1, -0.05) is 78.7 Å². The van der Waals surface area contributed by atoms with Gasteiger partial charge in [0.2, 0.25) is 5.79 Å². The van der Waals surface area contributed by atoms with Crippen molar-refractivity contribution in [2.75, 3.05) is 39.6 Å². The summed E-state index contributed by atoms with van der Waals surface area (Å²) < 4.78 is 47.4. The molecule has 6 unspecified atom stereocenters. The van der Waals surface area contributed by atoms with Gasteiger partial charge in [0.05, 0.1) is 31.5 Å². The summed E-state index contributed by atoms with van der Waals surface area (Å²) in [6.07, 6.45) is 8.01. The molecular weight excluding hydrogens is 840 g/mol. The van der Waals surface area contributed by atoms with Crippen LogP contribution in [0.4, 0.5) is 9.18 Å². The van der Waals surface area contributed by atoms with Crippen molar-refractivity contribution in [1.29, 1.82) is 0 Å². The normalized spacial score (nSPS) is 22.4. The summed E-state index contributed by atoms with van der Waals surface area (Å²) in [5.41, 5.74) is 6.47. The zero-order chi connectivity index (χ0) is 46.5. The van der Waals surface area contributed by atoms with E-state index >= 15 is 0 Å². The molecule has 0 saturated heterocycles. The van der Waals surface area contributed by atoms with Gasteiger partial charge >= 0.3 is 6.09 Å². The molecule has 0 radical (unpaired) electrons. The number of aliphatic hydroxyl groups is 2. The van der Waals surface area contributed by atoms with Crippen LogP contribution in [-0.4, -0.2) is 78.4 Å². The third kappa shape index (κ3) is 11.3. The quantitative estimate of drug-likeness (QED) is 0.0425. The molecule has 6 atom stereocenters. The van der Waals surface area contributed by atoms with Gasteiger partial charge in [0.1, 0.15) is 42.3 Å². The van der Waals surface area contributed by atoms with Gasteiger partial charge in [-0.2, -0.15) is 0 Å². The molecule has 4 aromatic rings. The number of fused-ring (bicyclic) bond motifs is 2. The van der Waals surface area contributed by atoms with Crippen molar-refractivity contribution in [2.45, 2.75) is 96.6 Å². The van der Waals surface area contributed by atoms with Crippen molar-refractivity contribution < 1.29 is 47.9 Å². The second kappa shape index (κ2) is 23.3. The fraction of sp³-hybridized carbons (Fsp3) is 0.444. The van der Waals surface area contributed by atoms with E-state index in [0.717, 1.165) is 47.9 Å². The number of oxime groups is 1. The molecule has 1 fully saturated rings. The number of amides is 1. The molecule has 352 valence electrons. The van der Waals surface area contributed by atoms with Crippen molar-refractivity contribution in [3.05, 3.63) is 149 Å². The lowest BCUT2D eigenvalue weighted by molar-refractivity contribution is -0.256. The van der Waals surface area contributed by atoms with Crippen LogP contribution in [0.1, 0.15) is 85.6 Å². The molecule has 1 heterocycles. The topological polar surface area (TPSA) is 129 Å². The van der Waals surface area contributed by atoms with Crippen LogP contribution < -0.4 is 9.47 Å². The Hall–Kier alpha value is -5.53. The van der Waals surface area contributed by atoms with E-state index in [-0.39, 0.29) is 63.8 Å². The summed E-state index contributed by atoms with van der Waals surface area (Å²) in [6, 6.07) is 26.9. The van der Waals surface area contributed by atoms with Crippen molar-refractivity contribution in [2.24, 2.45) is 22.9 Å². The van der Waals surface area contributed by atoms with Gasteiger partial charge in [-0.05, 0) is 129 Å². The number of hydrogen-bond acceptors (Lipinski definition) is 10. The molecule has 2 N–H and O–H groups in total. The first-order chi connectivity index (χ1) is 32.2. The molecule has 0 aromatic heterocycles. The van der Waals surface area contributed by atoms with Crippen LogP contribution in [0, 0.1) is 37.4 Å². The Morgan fingerprint density at radius 3 is 2.38 bits per heavy atom.